The minimum absolute atomic E-state index is 0.00837. The van der Waals surface area contributed by atoms with Gasteiger partial charge in [-0.15, -0.1) is 0 Å². The summed E-state index contributed by atoms with van der Waals surface area (Å²) in [6, 6.07) is 4.00. The molecule has 0 spiro atoms. The Kier molecular flexibility index (Phi) is 5.34. The third-order valence-corrected chi connectivity index (χ3v) is 4.35. The maximum absolute atomic E-state index is 14.1. The molecule has 2 N–H and O–H groups in total. The third kappa shape index (κ3) is 4.08. The summed E-state index contributed by atoms with van der Waals surface area (Å²) < 4.78 is 15.3. The number of nitrogens with one attached hydrogen (secondary N) is 2. The molecule has 0 saturated heterocycles. The second-order valence-electron chi connectivity index (χ2n) is 6.20. The van der Waals surface area contributed by atoms with Crippen molar-refractivity contribution >= 4 is 42.2 Å². The maximum Gasteiger partial charge on any atom is 0.278 e. The number of aromatic nitrogens is 1. The maximum atomic E-state index is 14.1. The van der Waals surface area contributed by atoms with E-state index in [4.69, 9.17) is 24.3 Å². The van der Waals surface area contributed by atoms with E-state index in [9.17, 15) is 14.0 Å². The van der Waals surface area contributed by atoms with Crippen LogP contribution in [-0.4, -0.2) is 24.9 Å². The molecule has 1 aliphatic carbocycles. The van der Waals surface area contributed by atoms with Gasteiger partial charge in [0.25, 0.3) is 11.5 Å². The predicted octanol–water partition coefficient (Wildman–Crippen LogP) is 1.79. The lowest BCUT2D eigenvalue weighted by Gasteiger charge is -2.15. The molecular formula is C17H16BClFN3O3. The largest absolute Gasteiger partial charge is 0.351 e. The van der Waals surface area contributed by atoms with Gasteiger partial charge in [0.05, 0.1) is 23.5 Å². The number of aryl methyl sites for hydroxylation is 1. The summed E-state index contributed by atoms with van der Waals surface area (Å²) in [6.07, 6.45) is 3.46. The lowest BCUT2D eigenvalue weighted by molar-refractivity contribution is 0.0270. The van der Waals surface area contributed by atoms with E-state index < -0.39 is 17.3 Å². The topological polar surface area (TPSA) is 72.4 Å². The molecule has 0 bridgehead atoms. The lowest BCUT2D eigenvalue weighted by atomic mass is 9.96. The van der Waals surface area contributed by atoms with Gasteiger partial charge in [0.2, 0.25) is 0 Å². The summed E-state index contributed by atoms with van der Waals surface area (Å²) in [5.74, 6) is -0.778. The van der Waals surface area contributed by atoms with Crippen LogP contribution in [0.4, 0.5) is 15.8 Å². The van der Waals surface area contributed by atoms with Gasteiger partial charge in [-0.25, -0.2) is 9.87 Å². The van der Waals surface area contributed by atoms with Gasteiger partial charge in [0, 0.05) is 13.2 Å². The van der Waals surface area contributed by atoms with Crippen molar-refractivity contribution in [1.29, 1.82) is 0 Å². The van der Waals surface area contributed by atoms with E-state index in [1.165, 1.54) is 29.9 Å². The monoisotopic (exact) mass is 375 g/mol. The Morgan fingerprint density at radius 1 is 1.46 bits per heavy atom. The number of halogens is 2. The second-order valence-corrected chi connectivity index (χ2v) is 6.58. The van der Waals surface area contributed by atoms with Gasteiger partial charge in [0.1, 0.15) is 18.7 Å². The summed E-state index contributed by atoms with van der Waals surface area (Å²) in [4.78, 5) is 29.7. The normalized spacial score (nSPS) is 13.5. The SMILES string of the molecule is [B]c1ccc(Nc2c(C(=O)NOCC3CC3)cn(C)c(=O)c2Cl)c(F)c1. The number of pyridine rings is 1. The Morgan fingerprint density at radius 2 is 2.19 bits per heavy atom. The number of anilines is 2. The molecule has 0 aliphatic heterocycles. The van der Waals surface area contributed by atoms with Crippen LogP contribution in [0.3, 0.4) is 0 Å². The van der Waals surface area contributed by atoms with E-state index in [0.717, 1.165) is 18.9 Å². The Bertz CT molecular complexity index is 915. The Hall–Kier alpha value is -2.32. The van der Waals surface area contributed by atoms with Gasteiger partial charge in [-0.05, 0) is 30.9 Å². The average molecular weight is 376 g/mol. The molecule has 1 aliphatic rings. The standard InChI is InChI=1S/C17H16BClFN3O3/c1-23-7-11(16(24)22-26-8-9-2-3-9)15(14(19)17(23)25)21-13-5-4-10(18)6-12(13)20/h4-7,9,21H,2-3,8H2,1H3,(H,22,24). The highest BCUT2D eigenvalue weighted by Gasteiger charge is 2.23. The fraction of sp³-hybridized carbons (Fsp3) is 0.294. The van der Waals surface area contributed by atoms with Crippen molar-refractivity contribution in [3.63, 3.8) is 0 Å². The van der Waals surface area contributed by atoms with Crippen molar-refractivity contribution in [3.8, 4) is 0 Å². The number of nitrogens with zero attached hydrogens (tertiary/aromatic N) is 1. The fourth-order valence-electron chi connectivity index (χ4n) is 2.32. The number of hydroxylamine groups is 1. The molecule has 2 radical (unpaired) electrons. The van der Waals surface area contributed by atoms with Crippen molar-refractivity contribution < 1.29 is 14.0 Å². The van der Waals surface area contributed by atoms with Crippen LogP contribution in [-0.2, 0) is 11.9 Å². The predicted molar refractivity (Wildman–Crippen MR) is 97.9 cm³/mol. The zero-order valence-corrected chi connectivity index (χ0v) is 14.8. The number of hydrogen-bond donors (Lipinski definition) is 2. The van der Waals surface area contributed by atoms with Crippen LogP contribution in [0.15, 0.2) is 29.2 Å². The van der Waals surface area contributed by atoms with E-state index >= 15 is 0 Å². The highest BCUT2D eigenvalue weighted by Crippen LogP contribution is 2.29. The quantitative estimate of drug-likeness (QED) is 0.596. The Morgan fingerprint density at radius 3 is 2.85 bits per heavy atom. The van der Waals surface area contributed by atoms with Crippen LogP contribution in [0, 0.1) is 11.7 Å². The van der Waals surface area contributed by atoms with Crippen molar-refractivity contribution in [2.75, 3.05) is 11.9 Å². The first-order valence-corrected chi connectivity index (χ1v) is 8.38. The van der Waals surface area contributed by atoms with E-state index in [2.05, 4.69) is 10.8 Å². The molecule has 0 unspecified atom stereocenters. The molecule has 0 atom stereocenters. The smallest absolute Gasteiger partial charge is 0.278 e. The van der Waals surface area contributed by atoms with Crippen molar-refractivity contribution in [3.05, 3.63) is 51.2 Å². The van der Waals surface area contributed by atoms with E-state index in [0.29, 0.717) is 12.5 Å². The second kappa shape index (κ2) is 7.51. The van der Waals surface area contributed by atoms with E-state index in [1.54, 1.807) is 0 Å². The highest BCUT2D eigenvalue weighted by atomic mass is 35.5. The molecule has 134 valence electrons. The summed E-state index contributed by atoms with van der Waals surface area (Å²) in [6.45, 7) is 0.417. The molecule has 1 aromatic heterocycles. The van der Waals surface area contributed by atoms with E-state index in [1.807, 2.05) is 0 Å². The van der Waals surface area contributed by atoms with Gasteiger partial charge in [0.15, 0.2) is 0 Å². The van der Waals surface area contributed by atoms with Gasteiger partial charge < -0.3 is 9.88 Å². The van der Waals surface area contributed by atoms with Crippen LogP contribution in [0.1, 0.15) is 23.2 Å². The lowest BCUT2D eigenvalue weighted by Crippen LogP contribution is -2.29. The summed E-state index contributed by atoms with van der Waals surface area (Å²) in [5.41, 5.74) is 2.11. The minimum Gasteiger partial charge on any atom is -0.351 e. The summed E-state index contributed by atoms with van der Waals surface area (Å²) >= 11 is 6.11. The van der Waals surface area contributed by atoms with Crippen molar-refractivity contribution in [2.24, 2.45) is 13.0 Å². The molecule has 1 aromatic carbocycles. The number of carbonyl (C=O) groups is 1. The number of amides is 1. The van der Waals surface area contributed by atoms with Crippen molar-refractivity contribution in [2.45, 2.75) is 12.8 Å². The van der Waals surface area contributed by atoms with E-state index in [-0.39, 0.29) is 27.4 Å². The van der Waals surface area contributed by atoms with Gasteiger partial charge in [-0.1, -0.05) is 23.1 Å². The van der Waals surface area contributed by atoms with Gasteiger partial charge in [-0.3, -0.25) is 14.4 Å². The van der Waals surface area contributed by atoms with Gasteiger partial charge >= 0.3 is 0 Å². The van der Waals surface area contributed by atoms with Crippen LogP contribution in [0.2, 0.25) is 5.02 Å². The molecule has 2 aromatic rings. The molecule has 1 saturated carbocycles. The van der Waals surface area contributed by atoms with Crippen LogP contribution >= 0.6 is 11.6 Å². The summed E-state index contributed by atoms with van der Waals surface area (Å²) in [7, 11) is 6.99. The first-order valence-electron chi connectivity index (χ1n) is 8.00. The molecule has 26 heavy (non-hydrogen) atoms. The first kappa shape index (κ1) is 18.5. The van der Waals surface area contributed by atoms with Crippen LogP contribution < -0.4 is 21.8 Å². The molecule has 1 amide bonds. The van der Waals surface area contributed by atoms with Crippen LogP contribution in [0.5, 0.6) is 0 Å². The van der Waals surface area contributed by atoms with Crippen molar-refractivity contribution in [1.82, 2.24) is 10.0 Å². The number of rotatable bonds is 6. The Labute approximate surface area is 155 Å². The molecule has 1 fully saturated rings. The van der Waals surface area contributed by atoms with Crippen LogP contribution in [0.25, 0.3) is 0 Å². The Balaban J connectivity index is 1.92. The highest BCUT2D eigenvalue weighted by molar-refractivity contribution is 6.34. The summed E-state index contributed by atoms with van der Waals surface area (Å²) in [5, 5.41) is 2.47. The zero-order chi connectivity index (χ0) is 18.8. The molecule has 3 rings (SSSR count). The number of carbonyl (C=O) groups excluding carboxylic acids is 1. The zero-order valence-electron chi connectivity index (χ0n) is 14.0. The number of hydrogen-bond acceptors (Lipinski definition) is 4. The van der Waals surface area contributed by atoms with Gasteiger partial charge in [-0.2, -0.15) is 0 Å². The fourth-order valence-corrected chi connectivity index (χ4v) is 2.61. The molecular weight excluding hydrogens is 359 g/mol. The molecule has 9 heteroatoms. The minimum atomic E-state index is -0.641. The number of benzene rings is 1. The first-order chi connectivity index (χ1) is 12.4. The average Bonchev–Trinajstić information content (AvgIpc) is 3.41. The third-order valence-electron chi connectivity index (χ3n) is 4.00. The molecule has 1 heterocycles. The molecule has 6 nitrogen and oxygen atoms in total.